The second kappa shape index (κ2) is 6.63. The van der Waals surface area contributed by atoms with Gasteiger partial charge in [-0.3, -0.25) is 9.00 Å². The Balaban J connectivity index is 2.66. The minimum Gasteiger partial charge on any atom is -0.469 e. The Labute approximate surface area is 110 Å². The minimum absolute atomic E-state index is 0.135. The third kappa shape index (κ3) is 4.03. The molecule has 0 saturated heterocycles. The summed E-state index contributed by atoms with van der Waals surface area (Å²) in [7, 11) is -3.32. The first-order chi connectivity index (χ1) is 8.38. The topological polar surface area (TPSA) is 89.5 Å². The van der Waals surface area contributed by atoms with Gasteiger partial charge in [-0.15, -0.1) is 0 Å². The van der Waals surface area contributed by atoms with Crippen molar-refractivity contribution in [2.24, 2.45) is 5.92 Å². The van der Waals surface area contributed by atoms with Crippen molar-refractivity contribution in [3.05, 3.63) is 0 Å². The van der Waals surface area contributed by atoms with Crippen LogP contribution in [0.25, 0.3) is 0 Å². The van der Waals surface area contributed by atoms with Gasteiger partial charge in [-0.1, -0.05) is 6.42 Å². The molecule has 0 radical (unpaired) electrons. The monoisotopic (exact) mass is 297 g/mol. The molecular formula is C10H19NO5S2. The van der Waals surface area contributed by atoms with Crippen LogP contribution in [-0.2, 0) is 30.4 Å². The zero-order chi connectivity index (χ0) is 13.8. The van der Waals surface area contributed by atoms with E-state index >= 15 is 0 Å². The highest BCUT2D eigenvalue weighted by molar-refractivity contribution is 7.90. The molecule has 1 fully saturated rings. The van der Waals surface area contributed by atoms with Crippen LogP contribution in [0, 0.1) is 5.92 Å². The Morgan fingerprint density at radius 3 is 2.67 bits per heavy atom. The lowest BCUT2D eigenvalue weighted by molar-refractivity contribution is -0.145. The molecule has 3 atom stereocenters. The Hall–Kier alpha value is -0.470. The van der Waals surface area contributed by atoms with Crippen molar-refractivity contribution in [1.82, 2.24) is 4.72 Å². The molecule has 3 unspecified atom stereocenters. The quantitative estimate of drug-likeness (QED) is 0.675. The summed E-state index contributed by atoms with van der Waals surface area (Å²) in [5.74, 6) is -0.781. The highest BCUT2D eigenvalue weighted by Gasteiger charge is 2.41. The van der Waals surface area contributed by atoms with Crippen LogP contribution in [-0.4, -0.2) is 49.5 Å². The zero-order valence-corrected chi connectivity index (χ0v) is 12.2. The van der Waals surface area contributed by atoms with E-state index in [2.05, 4.69) is 9.46 Å². The maximum atomic E-state index is 12.0. The molecule has 0 amide bonds. The number of rotatable bonds is 6. The van der Waals surface area contributed by atoms with E-state index in [0.29, 0.717) is 19.3 Å². The van der Waals surface area contributed by atoms with Gasteiger partial charge in [-0.05, 0) is 12.8 Å². The Morgan fingerprint density at radius 2 is 2.11 bits per heavy atom. The van der Waals surface area contributed by atoms with Crippen molar-refractivity contribution in [2.45, 2.75) is 24.5 Å². The number of nitrogens with one attached hydrogen (secondary N) is 1. The van der Waals surface area contributed by atoms with Crippen LogP contribution < -0.4 is 4.72 Å². The summed E-state index contributed by atoms with van der Waals surface area (Å²) < 4.78 is 42.0. The maximum Gasteiger partial charge on any atom is 0.310 e. The van der Waals surface area contributed by atoms with E-state index in [1.165, 1.54) is 13.4 Å². The number of hydrogen-bond donors (Lipinski definition) is 1. The van der Waals surface area contributed by atoms with E-state index in [0.717, 1.165) is 0 Å². The van der Waals surface area contributed by atoms with Crippen molar-refractivity contribution in [3.63, 3.8) is 0 Å². The summed E-state index contributed by atoms with van der Waals surface area (Å²) in [6, 6.07) is 0. The largest absolute Gasteiger partial charge is 0.469 e. The number of methoxy groups -OCH3 is 1. The summed E-state index contributed by atoms with van der Waals surface area (Å²) in [5.41, 5.74) is 0. The van der Waals surface area contributed by atoms with E-state index in [4.69, 9.17) is 0 Å². The first kappa shape index (κ1) is 15.6. The molecule has 106 valence electrons. The lowest BCUT2D eigenvalue weighted by Gasteiger charge is -2.18. The molecule has 0 aromatic carbocycles. The van der Waals surface area contributed by atoms with Crippen LogP contribution in [0.5, 0.6) is 0 Å². The Morgan fingerprint density at radius 1 is 1.44 bits per heavy atom. The van der Waals surface area contributed by atoms with Gasteiger partial charge in [0.05, 0.1) is 18.3 Å². The number of esters is 1. The van der Waals surface area contributed by atoms with Gasteiger partial charge in [-0.2, -0.15) is 0 Å². The molecule has 0 aromatic heterocycles. The van der Waals surface area contributed by atoms with Gasteiger partial charge in [0.2, 0.25) is 10.0 Å². The van der Waals surface area contributed by atoms with Crippen molar-refractivity contribution < 1.29 is 22.2 Å². The van der Waals surface area contributed by atoms with Crippen molar-refractivity contribution in [1.29, 1.82) is 0 Å². The standard InChI is InChI=1S/C10H19NO5S2/c1-16-10(12)8-4-3-5-9(8)18(14,15)11-6-7-17(2)13/h8-9,11H,3-7H2,1-2H3. The molecule has 0 aliphatic heterocycles. The number of carbonyl (C=O) groups excluding carboxylic acids is 1. The van der Waals surface area contributed by atoms with Gasteiger partial charge in [-0.25, -0.2) is 13.1 Å². The summed E-state index contributed by atoms with van der Waals surface area (Å²) in [4.78, 5) is 11.5. The van der Waals surface area contributed by atoms with Gasteiger partial charge in [0.1, 0.15) is 0 Å². The summed E-state index contributed by atoms with van der Waals surface area (Å²) >= 11 is 0. The van der Waals surface area contributed by atoms with Gasteiger partial charge < -0.3 is 4.74 Å². The lowest BCUT2D eigenvalue weighted by Crippen LogP contribution is -2.40. The number of ether oxygens (including phenoxy) is 1. The normalized spacial score (nSPS) is 25.9. The van der Waals surface area contributed by atoms with Gasteiger partial charge in [0.15, 0.2) is 0 Å². The molecule has 1 saturated carbocycles. The third-order valence-corrected chi connectivity index (χ3v) is 5.79. The molecule has 0 spiro atoms. The van der Waals surface area contributed by atoms with Crippen LogP contribution in [0.3, 0.4) is 0 Å². The number of sulfonamides is 1. The predicted molar refractivity (Wildman–Crippen MR) is 69.0 cm³/mol. The van der Waals surface area contributed by atoms with Crippen LogP contribution >= 0.6 is 0 Å². The molecule has 0 bridgehead atoms. The summed E-state index contributed by atoms with van der Waals surface area (Å²) in [6.45, 7) is 0.135. The molecule has 1 N–H and O–H groups in total. The van der Waals surface area contributed by atoms with Crippen LogP contribution in [0.2, 0.25) is 0 Å². The van der Waals surface area contributed by atoms with Gasteiger partial charge in [0, 0.05) is 29.4 Å². The second-order valence-electron chi connectivity index (χ2n) is 4.32. The molecule has 0 aromatic rings. The first-order valence-corrected chi connectivity index (χ1v) is 9.02. The van der Waals surface area contributed by atoms with E-state index in [1.54, 1.807) is 0 Å². The SMILES string of the molecule is COC(=O)C1CCCC1S(=O)(=O)NCCS(C)=O. The highest BCUT2D eigenvalue weighted by atomic mass is 32.2. The predicted octanol–water partition coefficient (Wildman–Crippen LogP) is -0.374. The van der Waals surface area contributed by atoms with E-state index in [-0.39, 0.29) is 12.3 Å². The van der Waals surface area contributed by atoms with Crippen molar-refractivity contribution in [2.75, 3.05) is 25.7 Å². The highest BCUT2D eigenvalue weighted by Crippen LogP contribution is 2.31. The summed E-state index contributed by atoms with van der Waals surface area (Å²) in [5, 5.41) is -0.727. The number of carbonyl (C=O) groups is 1. The fourth-order valence-electron chi connectivity index (χ4n) is 2.15. The average Bonchev–Trinajstić information content (AvgIpc) is 2.76. The fraction of sp³-hybridized carbons (Fsp3) is 0.900. The van der Waals surface area contributed by atoms with Crippen LogP contribution in [0.4, 0.5) is 0 Å². The van der Waals surface area contributed by atoms with Crippen molar-refractivity contribution >= 4 is 26.8 Å². The molecule has 0 heterocycles. The minimum atomic E-state index is -3.55. The first-order valence-electron chi connectivity index (χ1n) is 5.75. The Bertz CT molecular complexity index is 420. The average molecular weight is 297 g/mol. The number of hydrogen-bond acceptors (Lipinski definition) is 5. The van der Waals surface area contributed by atoms with E-state index in [1.807, 2.05) is 0 Å². The van der Waals surface area contributed by atoms with E-state index < -0.39 is 38.0 Å². The van der Waals surface area contributed by atoms with Gasteiger partial charge in [0.25, 0.3) is 0 Å². The maximum absolute atomic E-state index is 12.0. The third-order valence-electron chi connectivity index (χ3n) is 3.05. The van der Waals surface area contributed by atoms with Crippen LogP contribution in [0.1, 0.15) is 19.3 Å². The molecule has 18 heavy (non-hydrogen) atoms. The molecule has 1 aliphatic rings. The van der Waals surface area contributed by atoms with E-state index in [9.17, 15) is 17.4 Å². The zero-order valence-electron chi connectivity index (χ0n) is 10.5. The Kier molecular flexibility index (Phi) is 5.74. The molecule has 8 heteroatoms. The molecule has 6 nitrogen and oxygen atoms in total. The van der Waals surface area contributed by atoms with Gasteiger partial charge >= 0.3 is 5.97 Å². The molecule has 1 aliphatic carbocycles. The smallest absolute Gasteiger partial charge is 0.310 e. The van der Waals surface area contributed by atoms with Crippen LogP contribution in [0.15, 0.2) is 0 Å². The summed E-state index contributed by atoms with van der Waals surface area (Å²) in [6.07, 6.45) is 3.22. The lowest BCUT2D eigenvalue weighted by atomic mass is 10.1. The fourth-order valence-corrected chi connectivity index (χ4v) is 4.43. The van der Waals surface area contributed by atoms with Crippen molar-refractivity contribution in [3.8, 4) is 0 Å². The molecule has 1 rings (SSSR count). The second-order valence-corrected chi connectivity index (χ2v) is 7.85. The molecular weight excluding hydrogens is 278 g/mol.